The second kappa shape index (κ2) is 4.96. The SMILES string of the molecule is FCCCCCn1ccc2ccccc21. The first kappa shape index (κ1) is 10.2. The zero-order chi connectivity index (χ0) is 10.5. The lowest BCUT2D eigenvalue weighted by Gasteiger charge is -2.04. The van der Waals surface area contributed by atoms with Gasteiger partial charge < -0.3 is 4.57 Å². The third-order valence-corrected chi connectivity index (χ3v) is 2.71. The first-order valence-corrected chi connectivity index (χ1v) is 5.51. The molecule has 2 rings (SSSR count). The number of aryl methyl sites for hydroxylation is 1. The van der Waals surface area contributed by atoms with Crippen molar-refractivity contribution in [3.8, 4) is 0 Å². The van der Waals surface area contributed by atoms with Crippen LogP contribution in [0.4, 0.5) is 4.39 Å². The van der Waals surface area contributed by atoms with Crippen LogP contribution in [0.25, 0.3) is 10.9 Å². The van der Waals surface area contributed by atoms with Crippen molar-refractivity contribution in [3.63, 3.8) is 0 Å². The van der Waals surface area contributed by atoms with E-state index in [1.807, 2.05) is 0 Å². The van der Waals surface area contributed by atoms with Crippen molar-refractivity contribution < 1.29 is 4.39 Å². The summed E-state index contributed by atoms with van der Waals surface area (Å²) in [7, 11) is 0. The van der Waals surface area contributed by atoms with Crippen LogP contribution in [0.15, 0.2) is 36.5 Å². The fourth-order valence-corrected chi connectivity index (χ4v) is 1.89. The second-order valence-electron chi connectivity index (χ2n) is 3.82. The Kier molecular flexibility index (Phi) is 3.38. The molecule has 0 amide bonds. The highest BCUT2D eigenvalue weighted by molar-refractivity contribution is 5.79. The average molecular weight is 205 g/mol. The van der Waals surface area contributed by atoms with E-state index in [4.69, 9.17) is 0 Å². The summed E-state index contributed by atoms with van der Waals surface area (Å²) in [5.41, 5.74) is 1.28. The van der Waals surface area contributed by atoms with E-state index in [1.54, 1.807) is 0 Å². The third kappa shape index (κ3) is 2.38. The van der Waals surface area contributed by atoms with Gasteiger partial charge in [-0.15, -0.1) is 0 Å². The van der Waals surface area contributed by atoms with Crippen LogP contribution >= 0.6 is 0 Å². The lowest BCUT2D eigenvalue weighted by Crippen LogP contribution is -1.95. The fourth-order valence-electron chi connectivity index (χ4n) is 1.89. The highest BCUT2D eigenvalue weighted by Crippen LogP contribution is 2.15. The molecule has 0 aliphatic heterocycles. The normalized spacial score (nSPS) is 11.0. The van der Waals surface area contributed by atoms with Crippen molar-refractivity contribution in [3.05, 3.63) is 36.5 Å². The summed E-state index contributed by atoms with van der Waals surface area (Å²) in [5, 5.41) is 1.28. The number of fused-ring (bicyclic) bond motifs is 1. The summed E-state index contributed by atoms with van der Waals surface area (Å²) in [6.45, 7) is 0.805. The Hall–Kier alpha value is -1.31. The molecule has 1 aromatic carbocycles. The summed E-state index contributed by atoms with van der Waals surface area (Å²) >= 11 is 0. The van der Waals surface area contributed by atoms with Crippen LogP contribution in [0, 0.1) is 0 Å². The van der Waals surface area contributed by atoms with Gasteiger partial charge in [-0.3, -0.25) is 4.39 Å². The number of aromatic nitrogens is 1. The number of para-hydroxylation sites is 1. The van der Waals surface area contributed by atoms with Crippen molar-refractivity contribution in [2.24, 2.45) is 0 Å². The molecule has 0 atom stereocenters. The van der Waals surface area contributed by atoms with E-state index in [1.165, 1.54) is 10.9 Å². The van der Waals surface area contributed by atoms with E-state index in [0.29, 0.717) is 6.42 Å². The van der Waals surface area contributed by atoms with E-state index in [-0.39, 0.29) is 6.67 Å². The molecule has 0 aliphatic rings. The number of hydrogen-bond acceptors (Lipinski definition) is 0. The molecule has 15 heavy (non-hydrogen) atoms. The summed E-state index contributed by atoms with van der Waals surface area (Å²) in [6.07, 6.45) is 4.84. The molecule has 80 valence electrons. The maximum atomic E-state index is 11.9. The molecule has 2 aromatic rings. The van der Waals surface area contributed by atoms with Gasteiger partial charge in [-0.1, -0.05) is 18.2 Å². The molecule has 1 heterocycles. The molecule has 0 saturated carbocycles. The Bertz CT molecular complexity index is 419. The van der Waals surface area contributed by atoms with Crippen molar-refractivity contribution in [2.45, 2.75) is 25.8 Å². The zero-order valence-corrected chi connectivity index (χ0v) is 8.82. The molecule has 0 saturated heterocycles. The van der Waals surface area contributed by atoms with Crippen LogP contribution < -0.4 is 0 Å². The minimum atomic E-state index is -0.188. The topological polar surface area (TPSA) is 4.93 Å². The number of halogens is 1. The maximum Gasteiger partial charge on any atom is 0.0894 e. The molecule has 0 spiro atoms. The van der Waals surface area contributed by atoms with Gasteiger partial charge in [0, 0.05) is 18.3 Å². The monoisotopic (exact) mass is 205 g/mol. The number of benzene rings is 1. The van der Waals surface area contributed by atoms with E-state index >= 15 is 0 Å². The van der Waals surface area contributed by atoms with Gasteiger partial charge in [0.05, 0.1) is 6.67 Å². The van der Waals surface area contributed by atoms with Crippen molar-refractivity contribution >= 4 is 10.9 Å². The molecule has 1 aromatic heterocycles. The Morgan fingerprint density at radius 3 is 2.73 bits per heavy atom. The van der Waals surface area contributed by atoms with Gasteiger partial charge in [0.1, 0.15) is 0 Å². The smallest absolute Gasteiger partial charge is 0.0894 e. The van der Waals surface area contributed by atoms with Gasteiger partial charge in [0.2, 0.25) is 0 Å². The van der Waals surface area contributed by atoms with Gasteiger partial charge in [0.25, 0.3) is 0 Å². The molecular weight excluding hydrogens is 189 g/mol. The molecule has 2 heteroatoms. The largest absolute Gasteiger partial charge is 0.347 e. The molecule has 0 fully saturated rings. The van der Waals surface area contributed by atoms with E-state index in [0.717, 1.165) is 19.4 Å². The van der Waals surface area contributed by atoms with Crippen molar-refractivity contribution in [2.75, 3.05) is 6.67 Å². The van der Waals surface area contributed by atoms with Gasteiger partial charge in [-0.05, 0) is 36.8 Å². The number of unbranched alkanes of at least 4 members (excludes halogenated alkanes) is 2. The molecular formula is C13H16FN. The van der Waals surface area contributed by atoms with E-state index < -0.39 is 0 Å². The predicted molar refractivity (Wildman–Crippen MR) is 61.8 cm³/mol. The van der Waals surface area contributed by atoms with Gasteiger partial charge in [0.15, 0.2) is 0 Å². The van der Waals surface area contributed by atoms with Gasteiger partial charge >= 0.3 is 0 Å². The highest BCUT2D eigenvalue weighted by atomic mass is 19.1. The van der Waals surface area contributed by atoms with Gasteiger partial charge in [-0.2, -0.15) is 0 Å². The minimum absolute atomic E-state index is 0.188. The first-order chi connectivity index (χ1) is 7.42. The fraction of sp³-hybridized carbons (Fsp3) is 0.385. The predicted octanol–water partition coefficient (Wildman–Crippen LogP) is 3.78. The summed E-state index contributed by atoms with van der Waals surface area (Å²) < 4.78 is 14.1. The minimum Gasteiger partial charge on any atom is -0.347 e. The summed E-state index contributed by atoms with van der Waals surface area (Å²) in [5.74, 6) is 0. The third-order valence-electron chi connectivity index (χ3n) is 2.71. The van der Waals surface area contributed by atoms with Crippen LogP contribution in [-0.4, -0.2) is 11.2 Å². The number of hydrogen-bond donors (Lipinski definition) is 0. The van der Waals surface area contributed by atoms with Crippen LogP contribution in [0.2, 0.25) is 0 Å². The first-order valence-electron chi connectivity index (χ1n) is 5.51. The summed E-state index contributed by atoms with van der Waals surface area (Å²) in [6, 6.07) is 10.5. The van der Waals surface area contributed by atoms with Crippen LogP contribution in [0.1, 0.15) is 19.3 Å². The molecule has 0 radical (unpaired) electrons. The zero-order valence-electron chi connectivity index (χ0n) is 8.82. The maximum absolute atomic E-state index is 11.9. The second-order valence-corrected chi connectivity index (χ2v) is 3.82. The number of alkyl halides is 1. The Morgan fingerprint density at radius 2 is 1.87 bits per heavy atom. The van der Waals surface area contributed by atoms with Crippen LogP contribution in [0.3, 0.4) is 0 Å². The molecule has 0 N–H and O–H groups in total. The molecule has 1 nitrogen and oxygen atoms in total. The molecule has 0 bridgehead atoms. The van der Waals surface area contributed by atoms with Crippen LogP contribution in [0.5, 0.6) is 0 Å². The lowest BCUT2D eigenvalue weighted by atomic mass is 10.2. The van der Waals surface area contributed by atoms with E-state index in [2.05, 4.69) is 41.1 Å². The Labute approximate surface area is 89.5 Å². The number of nitrogens with zero attached hydrogens (tertiary/aromatic N) is 1. The highest BCUT2D eigenvalue weighted by Gasteiger charge is 1.98. The van der Waals surface area contributed by atoms with Gasteiger partial charge in [-0.25, -0.2) is 0 Å². The van der Waals surface area contributed by atoms with Crippen molar-refractivity contribution in [1.82, 2.24) is 4.57 Å². The lowest BCUT2D eigenvalue weighted by molar-refractivity contribution is 0.449. The quantitative estimate of drug-likeness (QED) is 0.655. The average Bonchev–Trinajstić information content (AvgIpc) is 2.68. The summed E-state index contributed by atoms with van der Waals surface area (Å²) in [4.78, 5) is 0. The molecule has 0 aliphatic carbocycles. The number of rotatable bonds is 5. The van der Waals surface area contributed by atoms with Crippen LogP contribution in [-0.2, 0) is 6.54 Å². The van der Waals surface area contributed by atoms with E-state index in [9.17, 15) is 4.39 Å². The Balaban J connectivity index is 2.02. The molecule has 0 unspecified atom stereocenters. The van der Waals surface area contributed by atoms with Crippen molar-refractivity contribution in [1.29, 1.82) is 0 Å². The standard InChI is InChI=1S/C13H16FN/c14-9-4-1-5-10-15-11-8-12-6-2-3-7-13(12)15/h2-3,6-8,11H,1,4-5,9-10H2. The Morgan fingerprint density at radius 1 is 1.00 bits per heavy atom.